The Morgan fingerprint density at radius 2 is 1.93 bits per heavy atom. The number of amides is 2. The molecule has 0 spiro atoms. The van der Waals surface area contributed by atoms with Crippen LogP contribution in [0, 0.1) is 5.92 Å². The Kier molecular flexibility index (Phi) is 5.98. The number of carbonyl (C=O) groups excluding carboxylic acids is 2. The largest absolute Gasteiger partial charge is 0.444 e. The molecule has 1 saturated heterocycles. The van der Waals surface area contributed by atoms with E-state index in [9.17, 15) is 14.7 Å². The molecule has 0 radical (unpaired) electrons. The fourth-order valence-electron chi connectivity index (χ4n) is 4.19. The molecule has 1 aliphatic carbocycles. The molecule has 154 valence electrons. The molecule has 2 fully saturated rings. The van der Waals surface area contributed by atoms with E-state index in [1.807, 2.05) is 37.8 Å². The Labute approximate surface area is 167 Å². The lowest BCUT2D eigenvalue weighted by Crippen LogP contribution is -2.54. The lowest BCUT2D eigenvalue weighted by atomic mass is 9.71. The number of nitrogens with zero attached hydrogens (tertiary/aromatic N) is 1. The van der Waals surface area contributed by atoms with Crippen LogP contribution < -0.4 is 5.32 Å². The van der Waals surface area contributed by atoms with Gasteiger partial charge in [-0.2, -0.15) is 0 Å². The average Bonchev–Trinajstić information content (AvgIpc) is 2.64. The van der Waals surface area contributed by atoms with Gasteiger partial charge in [0.15, 0.2) is 0 Å². The fraction of sp³-hybridized carbons (Fsp3) is 0.636. The summed E-state index contributed by atoms with van der Waals surface area (Å²) in [6.45, 7) is 7.05. The van der Waals surface area contributed by atoms with E-state index in [-0.39, 0.29) is 11.8 Å². The molecule has 2 amide bonds. The van der Waals surface area contributed by atoms with E-state index in [0.717, 1.165) is 31.2 Å². The zero-order chi connectivity index (χ0) is 20.4. The normalized spacial score (nSPS) is 25.0. The molecule has 6 nitrogen and oxygen atoms in total. The molecular weight excluding hydrogens is 356 g/mol. The molecule has 0 unspecified atom stereocenters. The molecule has 1 aromatic carbocycles. The number of ether oxygens (including phenoxy) is 1. The summed E-state index contributed by atoms with van der Waals surface area (Å²) < 4.78 is 5.22. The Hall–Kier alpha value is -2.08. The maximum Gasteiger partial charge on any atom is 0.407 e. The van der Waals surface area contributed by atoms with Crippen molar-refractivity contribution in [3.05, 3.63) is 35.4 Å². The van der Waals surface area contributed by atoms with E-state index in [4.69, 9.17) is 4.74 Å². The monoisotopic (exact) mass is 388 g/mol. The van der Waals surface area contributed by atoms with Gasteiger partial charge in [0, 0.05) is 31.1 Å². The van der Waals surface area contributed by atoms with Crippen molar-refractivity contribution in [2.45, 2.75) is 70.6 Å². The number of benzene rings is 1. The van der Waals surface area contributed by atoms with Crippen LogP contribution in [-0.4, -0.2) is 46.3 Å². The first-order valence-electron chi connectivity index (χ1n) is 10.2. The highest BCUT2D eigenvalue weighted by molar-refractivity contribution is 5.94. The minimum Gasteiger partial charge on any atom is -0.444 e. The zero-order valence-corrected chi connectivity index (χ0v) is 17.2. The van der Waals surface area contributed by atoms with Crippen molar-refractivity contribution in [1.82, 2.24) is 10.2 Å². The molecule has 6 heteroatoms. The van der Waals surface area contributed by atoms with Gasteiger partial charge in [-0.3, -0.25) is 4.79 Å². The third-order valence-corrected chi connectivity index (χ3v) is 5.75. The summed E-state index contributed by atoms with van der Waals surface area (Å²) in [6.07, 6.45) is 4.28. The van der Waals surface area contributed by atoms with Crippen LogP contribution in [0.1, 0.15) is 68.8 Å². The lowest BCUT2D eigenvalue weighted by Gasteiger charge is -2.47. The molecule has 1 heterocycles. The number of likely N-dealkylation sites (tertiary alicyclic amines) is 1. The highest BCUT2D eigenvalue weighted by atomic mass is 16.6. The quantitative estimate of drug-likeness (QED) is 0.831. The topological polar surface area (TPSA) is 78.9 Å². The number of piperidine rings is 1. The Morgan fingerprint density at radius 1 is 1.21 bits per heavy atom. The lowest BCUT2D eigenvalue weighted by molar-refractivity contribution is -0.0886. The molecule has 2 aliphatic rings. The zero-order valence-electron chi connectivity index (χ0n) is 17.2. The van der Waals surface area contributed by atoms with Gasteiger partial charge in [-0.25, -0.2) is 4.79 Å². The van der Waals surface area contributed by atoms with Crippen LogP contribution in [0.4, 0.5) is 4.79 Å². The molecule has 0 aromatic heterocycles. The second-order valence-corrected chi connectivity index (χ2v) is 9.10. The molecule has 0 bridgehead atoms. The first-order valence-corrected chi connectivity index (χ1v) is 10.2. The summed E-state index contributed by atoms with van der Waals surface area (Å²) in [4.78, 5) is 26.5. The van der Waals surface area contributed by atoms with Crippen molar-refractivity contribution in [1.29, 1.82) is 0 Å². The summed E-state index contributed by atoms with van der Waals surface area (Å²) in [5.41, 5.74) is 0.441. The number of rotatable bonds is 3. The van der Waals surface area contributed by atoms with Gasteiger partial charge in [-0.15, -0.1) is 0 Å². The number of nitrogens with one attached hydrogen (secondary N) is 1. The summed E-state index contributed by atoms with van der Waals surface area (Å²) >= 11 is 0. The second kappa shape index (κ2) is 8.11. The first-order chi connectivity index (χ1) is 13.2. The van der Waals surface area contributed by atoms with E-state index in [2.05, 4.69) is 5.32 Å². The minimum absolute atomic E-state index is 0.0132. The number of fused-ring (bicyclic) bond motifs is 1. The fourth-order valence-corrected chi connectivity index (χ4v) is 4.19. The Bertz CT molecular complexity index is 710. The molecule has 2 atom stereocenters. The van der Waals surface area contributed by atoms with Crippen LogP contribution in [0.5, 0.6) is 0 Å². The van der Waals surface area contributed by atoms with Gasteiger partial charge in [0.25, 0.3) is 5.91 Å². The molecular formula is C22H32N2O4. The minimum atomic E-state index is -0.577. The van der Waals surface area contributed by atoms with E-state index in [1.54, 1.807) is 12.1 Å². The molecule has 1 aromatic rings. The Morgan fingerprint density at radius 3 is 2.61 bits per heavy atom. The van der Waals surface area contributed by atoms with Crippen molar-refractivity contribution in [2.24, 2.45) is 5.92 Å². The average molecular weight is 389 g/mol. The maximum atomic E-state index is 12.9. The first kappa shape index (κ1) is 20.6. The maximum absolute atomic E-state index is 12.9. The van der Waals surface area contributed by atoms with E-state index in [0.29, 0.717) is 31.6 Å². The van der Waals surface area contributed by atoms with Crippen LogP contribution in [0.15, 0.2) is 24.3 Å². The van der Waals surface area contributed by atoms with Gasteiger partial charge in [-0.05, 0) is 57.7 Å². The highest BCUT2D eigenvalue weighted by Gasteiger charge is 2.43. The van der Waals surface area contributed by atoms with Crippen molar-refractivity contribution < 1.29 is 19.4 Å². The number of hydrogen-bond acceptors (Lipinski definition) is 4. The van der Waals surface area contributed by atoms with Gasteiger partial charge in [0.1, 0.15) is 5.60 Å². The highest BCUT2D eigenvalue weighted by Crippen LogP contribution is 2.40. The number of aliphatic hydroxyl groups is 1. The number of hydrogen-bond donors (Lipinski definition) is 2. The summed E-state index contributed by atoms with van der Waals surface area (Å²) in [5, 5.41) is 13.5. The van der Waals surface area contributed by atoms with Gasteiger partial charge in [-0.1, -0.05) is 25.0 Å². The van der Waals surface area contributed by atoms with Gasteiger partial charge < -0.3 is 20.1 Å². The van der Waals surface area contributed by atoms with Crippen LogP contribution in [0.25, 0.3) is 0 Å². The predicted octanol–water partition coefficient (Wildman–Crippen LogP) is 3.48. The van der Waals surface area contributed by atoms with Crippen LogP contribution in [-0.2, 0) is 11.3 Å². The Balaban J connectivity index is 1.54. The van der Waals surface area contributed by atoms with Crippen LogP contribution in [0.3, 0.4) is 0 Å². The van der Waals surface area contributed by atoms with Crippen molar-refractivity contribution in [3.8, 4) is 0 Å². The third-order valence-electron chi connectivity index (χ3n) is 5.75. The smallest absolute Gasteiger partial charge is 0.407 e. The van der Waals surface area contributed by atoms with Crippen LogP contribution in [0.2, 0.25) is 0 Å². The van der Waals surface area contributed by atoms with Gasteiger partial charge in [0.05, 0.1) is 5.60 Å². The molecule has 1 saturated carbocycles. The van der Waals surface area contributed by atoms with E-state index in [1.165, 1.54) is 0 Å². The summed E-state index contributed by atoms with van der Waals surface area (Å²) in [7, 11) is 0. The second-order valence-electron chi connectivity index (χ2n) is 9.10. The predicted molar refractivity (Wildman–Crippen MR) is 107 cm³/mol. The van der Waals surface area contributed by atoms with E-state index >= 15 is 0 Å². The van der Waals surface area contributed by atoms with Crippen molar-refractivity contribution in [3.63, 3.8) is 0 Å². The van der Waals surface area contributed by atoms with E-state index < -0.39 is 17.3 Å². The number of carbonyl (C=O) groups is 2. The van der Waals surface area contributed by atoms with Crippen molar-refractivity contribution >= 4 is 12.0 Å². The number of alkyl carbamates (subject to hydrolysis) is 1. The molecule has 1 aliphatic heterocycles. The van der Waals surface area contributed by atoms with Crippen LogP contribution >= 0.6 is 0 Å². The standard InChI is InChI=1S/C22H32N2O4/c1-21(2,3)28-20(26)23-14-16-7-9-17(10-8-16)19(25)24-13-12-22(27)11-5-4-6-18(22)15-24/h7-10,18,27H,4-6,11-15H2,1-3H3,(H,23,26)/t18-,22-/m1/s1. The summed E-state index contributed by atoms with van der Waals surface area (Å²) in [6, 6.07) is 7.31. The SMILES string of the molecule is CC(C)(C)OC(=O)NCc1ccc(C(=O)N2CC[C@]3(O)CCCC[C@@H]3C2)cc1. The van der Waals surface area contributed by atoms with Gasteiger partial charge in [0.2, 0.25) is 0 Å². The molecule has 2 N–H and O–H groups in total. The summed E-state index contributed by atoms with van der Waals surface area (Å²) in [5.74, 6) is 0.204. The van der Waals surface area contributed by atoms with Crippen molar-refractivity contribution in [2.75, 3.05) is 13.1 Å². The molecule has 3 rings (SSSR count). The molecule has 28 heavy (non-hydrogen) atoms. The van der Waals surface area contributed by atoms with Gasteiger partial charge >= 0.3 is 6.09 Å². The third kappa shape index (κ3) is 5.04.